The van der Waals surface area contributed by atoms with Gasteiger partial charge < -0.3 is 4.74 Å². The molecule has 0 aliphatic carbocycles. The largest absolute Gasteiger partial charge is 0.468 e. The number of hydrogen-bond donors (Lipinski definition) is 0. The quantitative estimate of drug-likeness (QED) is 0.561. The molecule has 0 heterocycles. The third kappa shape index (κ3) is 2.23. The van der Waals surface area contributed by atoms with Crippen molar-refractivity contribution in [3.63, 3.8) is 0 Å². The summed E-state index contributed by atoms with van der Waals surface area (Å²) >= 11 is 5.74. The van der Waals surface area contributed by atoms with E-state index in [4.69, 9.17) is 11.6 Å². The molecule has 4 heteroatoms. The van der Waals surface area contributed by atoms with Gasteiger partial charge in [-0.05, 0) is 24.1 Å². The molecule has 0 saturated carbocycles. The first-order valence-electron chi connectivity index (χ1n) is 4.04. The maximum Gasteiger partial charge on any atom is 0.328 e. The van der Waals surface area contributed by atoms with E-state index in [1.807, 2.05) is 0 Å². The minimum absolute atomic E-state index is 0.378. The Morgan fingerprint density at radius 2 is 2.21 bits per heavy atom. The van der Waals surface area contributed by atoms with Crippen LogP contribution < -0.4 is 0 Å². The Labute approximate surface area is 86.6 Å². The van der Waals surface area contributed by atoms with E-state index in [9.17, 15) is 9.18 Å². The van der Waals surface area contributed by atoms with Crippen LogP contribution in [-0.4, -0.2) is 13.1 Å². The molecule has 0 N–H and O–H groups in total. The third-order valence-corrected chi connectivity index (χ3v) is 2.33. The number of hydrogen-bond acceptors (Lipinski definition) is 2. The molecule has 1 atom stereocenters. The lowest BCUT2D eigenvalue weighted by atomic mass is 10.1. The number of benzene rings is 1. The highest BCUT2D eigenvalue weighted by Crippen LogP contribution is 2.23. The Kier molecular flexibility index (Phi) is 3.47. The Balaban J connectivity index is 2.96. The highest BCUT2D eigenvalue weighted by atomic mass is 35.5. The van der Waals surface area contributed by atoms with Crippen LogP contribution in [0.3, 0.4) is 0 Å². The van der Waals surface area contributed by atoms with E-state index >= 15 is 0 Å². The van der Waals surface area contributed by atoms with Gasteiger partial charge in [0, 0.05) is 0 Å². The minimum Gasteiger partial charge on any atom is -0.468 e. The summed E-state index contributed by atoms with van der Waals surface area (Å²) in [6.45, 7) is 1.64. The average molecular weight is 217 g/mol. The minimum atomic E-state index is -0.949. The van der Waals surface area contributed by atoms with Gasteiger partial charge in [0.05, 0.1) is 7.11 Å². The number of aryl methyl sites for hydroxylation is 1. The first-order valence-corrected chi connectivity index (χ1v) is 4.48. The van der Waals surface area contributed by atoms with Gasteiger partial charge in [-0.25, -0.2) is 4.39 Å². The molecule has 0 bridgehead atoms. The summed E-state index contributed by atoms with van der Waals surface area (Å²) in [5.74, 6) is -0.966. The van der Waals surface area contributed by atoms with Crippen molar-refractivity contribution in [1.29, 1.82) is 0 Å². The topological polar surface area (TPSA) is 26.3 Å². The van der Waals surface area contributed by atoms with Gasteiger partial charge in [-0.2, -0.15) is 0 Å². The van der Waals surface area contributed by atoms with Crippen LogP contribution in [0.4, 0.5) is 4.39 Å². The lowest BCUT2D eigenvalue weighted by Crippen LogP contribution is -2.08. The summed E-state index contributed by atoms with van der Waals surface area (Å²) in [6, 6.07) is 4.42. The fourth-order valence-electron chi connectivity index (χ4n) is 1.01. The standard InChI is InChI=1S/C10H10ClFO2/c1-6-3-4-7(5-8(6)12)9(11)10(13)14-2/h3-5,9H,1-2H3. The van der Waals surface area contributed by atoms with Crippen LogP contribution in [0.2, 0.25) is 0 Å². The van der Waals surface area contributed by atoms with Crippen molar-refractivity contribution >= 4 is 17.6 Å². The van der Waals surface area contributed by atoms with Crippen LogP contribution in [0.1, 0.15) is 16.5 Å². The van der Waals surface area contributed by atoms with Gasteiger partial charge in [0.1, 0.15) is 5.82 Å². The molecule has 0 amide bonds. The molecule has 0 fully saturated rings. The lowest BCUT2D eigenvalue weighted by molar-refractivity contribution is -0.140. The van der Waals surface area contributed by atoms with Crippen molar-refractivity contribution in [2.24, 2.45) is 0 Å². The number of carbonyl (C=O) groups excluding carboxylic acids is 1. The number of carbonyl (C=O) groups is 1. The molecule has 0 aliphatic rings. The molecular formula is C10H10ClFO2. The van der Waals surface area contributed by atoms with Crippen molar-refractivity contribution in [1.82, 2.24) is 0 Å². The molecule has 0 aromatic heterocycles. The van der Waals surface area contributed by atoms with Crippen molar-refractivity contribution in [2.45, 2.75) is 12.3 Å². The second kappa shape index (κ2) is 4.42. The fourth-order valence-corrected chi connectivity index (χ4v) is 1.23. The summed E-state index contributed by atoms with van der Waals surface area (Å²) in [5.41, 5.74) is 0.920. The van der Waals surface area contributed by atoms with Crippen LogP contribution in [0.25, 0.3) is 0 Å². The maximum absolute atomic E-state index is 13.1. The van der Waals surface area contributed by atoms with Crippen LogP contribution in [0.15, 0.2) is 18.2 Å². The van der Waals surface area contributed by atoms with Crippen LogP contribution in [0, 0.1) is 12.7 Å². The molecule has 0 aliphatic heterocycles. The monoisotopic (exact) mass is 216 g/mol. The second-order valence-corrected chi connectivity index (χ2v) is 3.33. The summed E-state index contributed by atoms with van der Waals surface area (Å²) in [5, 5.41) is -0.949. The van der Waals surface area contributed by atoms with E-state index < -0.39 is 11.3 Å². The summed E-state index contributed by atoms with van der Waals surface area (Å²) in [7, 11) is 1.24. The van der Waals surface area contributed by atoms with Gasteiger partial charge >= 0.3 is 5.97 Å². The first-order chi connectivity index (χ1) is 6.56. The van der Waals surface area contributed by atoms with E-state index in [0.29, 0.717) is 11.1 Å². The number of alkyl halides is 1. The molecule has 0 radical (unpaired) electrons. The molecular weight excluding hydrogens is 207 g/mol. The molecule has 1 unspecified atom stereocenters. The van der Waals surface area contributed by atoms with Crippen LogP contribution >= 0.6 is 11.6 Å². The molecule has 76 valence electrons. The van der Waals surface area contributed by atoms with E-state index in [0.717, 1.165) is 0 Å². The van der Waals surface area contributed by atoms with Crippen LogP contribution in [0.5, 0.6) is 0 Å². The maximum atomic E-state index is 13.1. The predicted octanol–water partition coefficient (Wildman–Crippen LogP) is 2.59. The van der Waals surface area contributed by atoms with Gasteiger partial charge in [0.15, 0.2) is 5.38 Å². The predicted molar refractivity (Wildman–Crippen MR) is 51.7 cm³/mol. The summed E-state index contributed by atoms with van der Waals surface area (Å²) in [6.07, 6.45) is 0. The van der Waals surface area contributed by atoms with Crippen molar-refractivity contribution < 1.29 is 13.9 Å². The lowest BCUT2D eigenvalue weighted by Gasteiger charge is -2.08. The zero-order valence-electron chi connectivity index (χ0n) is 7.88. The number of halogens is 2. The molecule has 2 nitrogen and oxygen atoms in total. The third-order valence-electron chi connectivity index (χ3n) is 1.90. The van der Waals surface area contributed by atoms with Crippen molar-refractivity contribution in [3.8, 4) is 0 Å². The van der Waals surface area contributed by atoms with E-state index in [1.165, 1.54) is 13.2 Å². The Morgan fingerprint density at radius 1 is 1.57 bits per heavy atom. The van der Waals surface area contributed by atoms with Gasteiger partial charge in [0.2, 0.25) is 0 Å². The first kappa shape index (κ1) is 11.0. The SMILES string of the molecule is COC(=O)C(Cl)c1ccc(C)c(F)c1. The van der Waals surface area contributed by atoms with Crippen LogP contribution in [-0.2, 0) is 9.53 Å². The van der Waals surface area contributed by atoms with Gasteiger partial charge in [-0.3, -0.25) is 4.79 Å². The highest BCUT2D eigenvalue weighted by Gasteiger charge is 2.18. The number of methoxy groups -OCH3 is 1. The molecule has 14 heavy (non-hydrogen) atoms. The highest BCUT2D eigenvalue weighted by molar-refractivity contribution is 6.29. The molecule has 0 saturated heterocycles. The average Bonchev–Trinajstić information content (AvgIpc) is 2.20. The van der Waals surface area contributed by atoms with E-state index in [1.54, 1.807) is 19.1 Å². The summed E-state index contributed by atoms with van der Waals surface area (Å²) in [4.78, 5) is 11.0. The number of rotatable bonds is 2. The van der Waals surface area contributed by atoms with E-state index in [-0.39, 0.29) is 5.82 Å². The van der Waals surface area contributed by atoms with Gasteiger partial charge in [0.25, 0.3) is 0 Å². The zero-order valence-corrected chi connectivity index (χ0v) is 8.64. The Bertz CT molecular complexity index is 352. The number of esters is 1. The normalized spacial score (nSPS) is 12.3. The summed E-state index contributed by atoms with van der Waals surface area (Å²) < 4.78 is 17.5. The number of ether oxygens (including phenoxy) is 1. The Morgan fingerprint density at radius 3 is 2.71 bits per heavy atom. The zero-order chi connectivity index (χ0) is 10.7. The molecule has 1 aromatic carbocycles. The molecule has 1 aromatic rings. The van der Waals surface area contributed by atoms with E-state index in [2.05, 4.69) is 4.74 Å². The fraction of sp³-hybridized carbons (Fsp3) is 0.300. The van der Waals surface area contributed by atoms with Gasteiger partial charge in [-0.15, -0.1) is 11.6 Å². The van der Waals surface area contributed by atoms with Crippen molar-refractivity contribution in [2.75, 3.05) is 7.11 Å². The Hall–Kier alpha value is -1.09. The van der Waals surface area contributed by atoms with Crippen molar-refractivity contribution in [3.05, 3.63) is 35.1 Å². The molecule has 1 rings (SSSR count). The second-order valence-electron chi connectivity index (χ2n) is 2.89. The smallest absolute Gasteiger partial charge is 0.328 e. The molecule has 0 spiro atoms. The van der Waals surface area contributed by atoms with Gasteiger partial charge in [-0.1, -0.05) is 12.1 Å².